The van der Waals surface area contributed by atoms with Crippen LogP contribution in [0.25, 0.3) is 0 Å². The van der Waals surface area contributed by atoms with E-state index >= 15 is 0 Å². The van der Waals surface area contributed by atoms with E-state index in [-0.39, 0.29) is 0 Å². The molecule has 0 spiro atoms. The number of aromatic nitrogens is 1. The summed E-state index contributed by atoms with van der Waals surface area (Å²) < 4.78 is 5.73. The van der Waals surface area contributed by atoms with Gasteiger partial charge in [0.15, 0.2) is 0 Å². The van der Waals surface area contributed by atoms with Crippen molar-refractivity contribution in [3.63, 3.8) is 0 Å². The largest absolute Gasteiger partial charge is 0.490 e. The van der Waals surface area contributed by atoms with Crippen LogP contribution in [0.1, 0.15) is 12.8 Å². The lowest BCUT2D eigenvalue weighted by Gasteiger charge is -2.22. The summed E-state index contributed by atoms with van der Waals surface area (Å²) in [5.74, 6) is 0.855. The summed E-state index contributed by atoms with van der Waals surface area (Å²) in [6, 6.07) is 4.36. The highest BCUT2D eigenvalue weighted by atomic mass is 16.5. The van der Waals surface area contributed by atoms with E-state index in [1.165, 1.54) is 12.8 Å². The van der Waals surface area contributed by atoms with Crippen LogP contribution in [0.4, 0.5) is 0 Å². The first-order valence-corrected chi connectivity index (χ1v) is 5.78. The van der Waals surface area contributed by atoms with E-state index in [1.54, 1.807) is 12.4 Å². The molecule has 0 amide bonds. The normalized spacial score (nSPS) is 20.9. The van der Waals surface area contributed by atoms with Crippen LogP contribution in [-0.4, -0.2) is 35.6 Å². The Morgan fingerprint density at radius 3 is 3.31 bits per heavy atom. The average molecular weight is 218 g/mol. The number of pyridine rings is 1. The minimum atomic E-state index is 0.526. The molecule has 0 N–H and O–H groups in total. The maximum Gasteiger partial charge on any atom is 0.137 e. The molecule has 86 valence electrons. The van der Waals surface area contributed by atoms with Crippen molar-refractivity contribution in [3.05, 3.63) is 37.2 Å². The summed E-state index contributed by atoms with van der Waals surface area (Å²) >= 11 is 0. The summed E-state index contributed by atoms with van der Waals surface area (Å²) in [5, 5.41) is 0. The van der Waals surface area contributed by atoms with E-state index in [1.807, 2.05) is 18.2 Å². The van der Waals surface area contributed by atoms with Gasteiger partial charge in [0.05, 0.1) is 6.20 Å². The molecule has 2 heterocycles. The van der Waals surface area contributed by atoms with Crippen LogP contribution < -0.4 is 4.74 Å². The van der Waals surface area contributed by atoms with Gasteiger partial charge in [0.25, 0.3) is 0 Å². The third-order valence-electron chi connectivity index (χ3n) is 2.94. The Morgan fingerprint density at radius 1 is 1.62 bits per heavy atom. The number of hydrogen-bond donors (Lipinski definition) is 0. The molecule has 1 aromatic rings. The van der Waals surface area contributed by atoms with Crippen molar-refractivity contribution >= 4 is 0 Å². The third kappa shape index (κ3) is 2.83. The van der Waals surface area contributed by atoms with Gasteiger partial charge < -0.3 is 4.74 Å². The standard InChI is InChI=1S/C13H18N2O/c1-2-8-15-9-4-5-12(15)11-16-13-6-3-7-14-10-13/h2-3,6-7,10,12H,1,4-5,8-9,11H2. The summed E-state index contributed by atoms with van der Waals surface area (Å²) in [7, 11) is 0. The molecule has 1 unspecified atom stereocenters. The monoisotopic (exact) mass is 218 g/mol. The number of rotatable bonds is 5. The van der Waals surface area contributed by atoms with Crippen LogP contribution in [0.2, 0.25) is 0 Å². The first-order chi connectivity index (χ1) is 7.90. The van der Waals surface area contributed by atoms with E-state index in [0.717, 1.165) is 25.4 Å². The molecular weight excluding hydrogens is 200 g/mol. The van der Waals surface area contributed by atoms with Crippen LogP contribution in [0, 0.1) is 0 Å². The van der Waals surface area contributed by atoms with Gasteiger partial charge in [-0.1, -0.05) is 6.08 Å². The van der Waals surface area contributed by atoms with Gasteiger partial charge in [-0.2, -0.15) is 0 Å². The molecule has 1 atom stereocenters. The highest BCUT2D eigenvalue weighted by molar-refractivity contribution is 5.15. The molecule has 0 saturated carbocycles. The summed E-state index contributed by atoms with van der Waals surface area (Å²) in [6.45, 7) is 6.65. The van der Waals surface area contributed by atoms with Crippen LogP contribution in [0.3, 0.4) is 0 Å². The van der Waals surface area contributed by atoms with Gasteiger partial charge in [-0.05, 0) is 31.5 Å². The van der Waals surface area contributed by atoms with Crippen molar-refractivity contribution < 1.29 is 4.74 Å². The number of nitrogens with zero attached hydrogens (tertiary/aromatic N) is 2. The highest BCUT2D eigenvalue weighted by Crippen LogP contribution is 2.18. The second kappa shape index (κ2) is 5.66. The third-order valence-corrected chi connectivity index (χ3v) is 2.94. The minimum Gasteiger partial charge on any atom is -0.490 e. The topological polar surface area (TPSA) is 25.4 Å². The smallest absolute Gasteiger partial charge is 0.137 e. The van der Waals surface area contributed by atoms with E-state index < -0.39 is 0 Å². The fraction of sp³-hybridized carbons (Fsp3) is 0.462. The zero-order valence-corrected chi connectivity index (χ0v) is 9.51. The number of hydrogen-bond acceptors (Lipinski definition) is 3. The zero-order valence-electron chi connectivity index (χ0n) is 9.51. The molecule has 1 aromatic heterocycles. The van der Waals surface area contributed by atoms with Crippen LogP contribution in [0.15, 0.2) is 37.2 Å². The molecule has 1 saturated heterocycles. The Labute approximate surface area is 96.7 Å². The molecule has 0 radical (unpaired) electrons. The van der Waals surface area contributed by atoms with Crippen molar-refractivity contribution in [1.82, 2.24) is 9.88 Å². The van der Waals surface area contributed by atoms with Crippen LogP contribution >= 0.6 is 0 Å². The van der Waals surface area contributed by atoms with E-state index in [2.05, 4.69) is 16.5 Å². The Hall–Kier alpha value is -1.35. The second-order valence-corrected chi connectivity index (χ2v) is 4.08. The van der Waals surface area contributed by atoms with Crippen molar-refractivity contribution in [2.75, 3.05) is 19.7 Å². The molecule has 16 heavy (non-hydrogen) atoms. The molecule has 2 rings (SSSR count). The zero-order chi connectivity index (χ0) is 11.2. The maximum absolute atomic E-state index is 5.73. The van der Waals surface area contributed by atoms with Crippen LogP contribution in [-0.2, 0) is 0 Å². The van der Waals surface area contributed by atoms with E-state index in [4.69, 9.17) is 4.74 Å². The van der Waals surface area contributed by atoms with Gasteiger partial charge in [0, 0.05) is 18.8 Å². The van der Waals surface area contributed by atoms with Gasteiger partial charge >= 0.3 is 0 Å². The summed E-state index contributed by atoms with van der Waals surface area (Å²) in [6.07, 6.45) is 7.95. The molecule has 3 nitrogen and oxygen atoms in total. The summed E-state index contributed by atoms with van der Waals surface area (Å²) in [5.41, 5.74) is 0. The Balaban J connectivity index is 1.83. The first-order valence-electron chi connectivity index (χ1n) is 5.78. The van der Waals surface area contributed by atoms with Crippen molar-refractivity contribution in [3.8, 4) is 5.75 Å². The lowest BCUT2D eigenvalue weighted by Crippen LogP contribution is -2.34. The van der Waals surface area contributed by atoms with Crippen molar-refractivity contribution in [2.24, 2.45) is 0 Å². The predicted molar refractivity (Wildman–Crippen MR) is 64.5 cm³/mol. The molecule has 3 heteroatoms. The van der Waals surface area contributed by atoms with Gasteiger partial charge in [0.1, 0.15) is 12.4 Å². The average Bonchev–Trinajstić information content (AvgIpc) is 2.76. The Morgan fingerprint density at radius 2 is 2.56 bits per heavy atom. The lowest BCUT2D eigenvalue weighted by molar-refractivity contribution is 0.184. The number of likely N-dealkylation sites (tertiary alicyclic amines) is 1. The highest BCUT2D eigenvalue weighted by Gasteiger charge is 2.23. The summed E-state index contributed by atoms with van der Waals surface area (Å²) in [4.78, 5) is 6.45. The van der Waals surface area contributed by atoms with Gasteiger partial charge in [-0.3, -0.25) is 9.88 Å². The molecule has 0 aliphatic carbocycles. The molecule has 1 aliphatic heterocycles. The lowest BCUT2D eigenvalue weighted by atomic mass is 10.2. The van der Waals surface area contributed by atoms with Crippen molar-refractivity contribution in [1.29, 1.82) is 0 Å². The number of ether oxygens (including phenoxy) is 1. The van der Waals surface area contributed by atoms with Gasteiger partial charge in [-0.15, -0.1) is 6.58 Å². The quantitative estimate of drug-likeness (QED) is 0.708. The van der Waals surface area contributed by atoms with Gasteiger partial charge in [-0.25, -0.2) is 0 Å². The predicted octanol–water partition coefficient (Wildman–Crippen LogP) is 2.11. The first kappa shape index (κ1) is 11.1. The molecule has 0 aromatic carbocycles. The maximum atomic E-state index is 5.73. The minimum absolute atomic E-state index is 0.526. The fourth-order valence-electron chi connectivity index (χ4n) is 2.11. The molecular formula is C13H18N2O. The second-order valence-electron chi connectivity index (χ2n) is 4.08. The van der Waals surface area contributed by atoms with E-state index in [0.29, 0.717) is 6.04 Å². The Kier molecular flexibility index (Phi) is 3.94. The molecule has 0 bridgehead atoms. The molecule has 1 fully saturated rings. The SMILES string of the molecule is C=CCN1CCCC1COc1cccnc1. The Bertz CT molecular complexity index is 326. The van der Waals surface area contributed by atoms with Crippen molar-refractivity contribution in [2.45, 2.75) is 18.9 Å². The fourth-order valence-corrected chi connectivity index (χ4v) is 2.11. The van der Waals surface area contributed by atoms with Gasteiger partial charge in [0.2, 0.25) is 0 Å². The van der Waals surface area contributed by atoms with E-state index in [9.17, 15) is 0 Å². The van der Waals surface area contributed by atoms with Crippen LogP contribution in [0.5, 0.6) is 5.75 Å². The molecule has 1 aliphatic rings.